The van der Waals surface area contributed by atoms with Crippen molar-refractivity contribution >= 4 is 29.3 Å². The number of hydrogen-bond acceptors (Lipinski definition) is 4. The summed E-state index contributed by atoms with van der Waals surface area (Å²) in [6.07, 6.45) is 0.951. The minimum Gasteiger partial charge on any atom is -0.490 e. The van der Waals surface area contributed by atoms with Crippen molar-refractivity contribution in [3.8, 4) is 5.75 Å². The van der Waals surface area contributed by atoms with Crippen LogP contribution in [0.1, 0.15) is 47.8 Å². The van der Waals surface area contributed by atoms with E-state index in [0.717, 1.165) is 16.7 Å². The Balaban J connectivity index is 1.66. The molecule has 176 valence electrons. The normalized spacial score (nSPS) is 15.8. The van der Waals surface area contributed by atoms with Crippen LogP contribution >= 0.6 is 11.6 Å². The molecule has 2 amide bonds. The highest BCUT2D eigenvalue weighted by molar-refractivity contribution is 6.31. The van der Waals surface area contributed by atoms with E-state index in [0.29, 0.717) is 55.5 Å². The predicted octanol–water partition coefficient (Wildman–Crippen LogP) is 5.16. The number of carbonyl (C=O) groups is 2. The number of halogens is 2. The molecule has 0 radical (unpaired) electrons. The molecule has 0 spiro atoms. The first-order chi connectivity index (χ1) is 15.5. The van der Waals surface area contributed by atoms with Crippen LogP contribution in [0.2, 0.25) is 5.02 Å². The second-order valence-electron chi connectivity index (χ2n) is 9.38. The number of ether oxygens (including phenoxy) is 2. The topological polar surface area (TPSA) is 59.1 Å². The molecule has 0 atom stereocenters. The maximum atomic E-state index is 14.4. The highest BCUT2D eigenvalue weighted by atomic mass is 35.5. The zero-order chi connectivity index (χ0) is 23.9. The molecule has 0 aliphatic carbocycles. The third kappa shape index (κ3) is 4.78. The predicted molar refractivity (Wildman–Crippen MR) is 125 cm³/mol. The van der Waals surface area contributed by atoms with E-state index in [1.54, 1.807) is 9.80 Å². The maximum Gasteiger partial charge on any atom is 0.410 e. The van der Waals surface area contributed by atoms with Crippen LogP contribution in [-0.4, -0.2) is 48.7 Å². The van der Waals surface area contributed by atoms with Crippen molar-refractivity contribution in [2.24, 2.45) is 0 Å². The van der Waals surface area contributed by atoms with E-state index in [1.807, 2.05) is 33.8 Å². The van der Waals surface area contributed by atoms with Gasteiger partial charge in [-0.3, -0.25) is 4.79 Å². The molecule has 4 rings (SSSR count). The highest BCUT2D eigenvalue weighted by Crippen LogP contribution is 2.40. The molecule has 0 saturated heterocycles. The van der Waals surface area contributed by atoms with Crippen LogP contribution in [0.5, 0.6) is 5.75 Å². The first kappa shape index (κ1) is 23.4. The van der Waals surface area contributed by atoms with Gasteiger partial charge in [-0.25, -0.2) is 9.18 Å². The lowest BCUT2D eigenvalue weighted by Crippen LogP contribution is -2.39. The van der Waals surface area contributed by atoms with Crippen molar-refractivity contribution in [1.82, 2.24) is 4.90 Å². The molecular weight excluding hydrogens is 447 g/mol. The van der Waals surface area contributed by atoms with Crippen molar-refractivity contribution in [2.75, 3.05) is 31.1 Å². The summed E-state index contributed by atoms with van der Waals surface area (Å²) in [6, 6.07) is 5.92. The van der Waals surface area contributed by atoms with Crippen LogP contribution < -0.4 is 9.64 Å². The minimum atomic E-state index is -0.613. The summed E-state index contributed by atoms with van der Waals surface area (Å²) < 4.78 is 25.9. The molecule has 6 nitrogen and oxygen atoms in total. The number of rotatable bonds is 1. The quantitative estimate of drug-likeness (QED) is 0.572. The van der Waals surface area contributed by atoms with Gasteiger partial charge in [-0.15, -0.1) is 0 Å². The van der Waals surface area contributed by atoms with Gasteiger partial charge < -0.3 is 19.3 Å². The van der Waals surface area contributed by atoms with E-state index >= 15 is 0 Å². The van der Waals surface area contributed by atoms with Crippen molar-refractivity contribution in [1.29, 1.82) is 0 Å². The van der Waals surface area contributed by atoms with Gasteiger partial charge in [0.2, 0.25) is 0 Å². The molecule has 0 N–H and O–H groups in total. The minimum absolute atomic E-state index is 0.0687. The van der Waals surface area contributed by atoms with E-state index in [4.69, 9.17) is 21.1 Å². The molecule has 0 bridgehead atoms. The van der Waals surface area contributed by atoms with Gasteiger partial charge in [-0.05, 0) is 81.5 Å². The molecule has 0 fully saturated rings. The van der Waals surface area contributed by atoms with E-state index in [2.05, 4.69) is 0 Å². The first-order valence-electron chi connectivity index (χ1n) is 11.1. The largest absolute Gasteiger partial charge is 0.490 e. The van der Waals surface area contributed by atoms with Crippen LogP contribution in [0.15, 0.2) is 24.3 Å². The van der Waals surface area contributed by atoms with Gasteiger partial charge in [-0.1, -0.05) is 11.6 Å². The Kier molecular flexibility index (Phi) is 6.27. The molecule has 2 aromatic rings. The molecule has 2 aliphatic heterocycles. The Hall–Kier alpha value is -2.80. The van der Waals surface area contributed by atoms with Gasteiger partial charge in [-0.2, -0.15) is 0 Å². The molecule has 0 saturated carbocycles. The fourth-order valence-electron chi connectivity index (χ4n) is 4.39. The lowest BCUT2D eigenvalue weighted by Gasteiger charge is -2.33. The Morgan fingerprint density at radius 1 is 1.12 bits per heavy atom. The number of nitrogens with zero attached hydrogens (tertiary/aromatic N) is 2. The van der Waals surface area contributed by atoms with Crippen LogP contribution in [0.3, 0.4) is 0 Å². The van der Waals surface area contributed by atoms with Crippen molar-refractivity contribution in [3.05, 3.63) is 57.4 Å². The third-order valence-corrected chi connectivity index (χ3v) is 6.15. The summed E-state index contributed by atoms with van der Waals surface area (Å²) in [5, 5.41) is 0.300. The molecule has 0 unspecified atom stereocenters. The van der Waals surface area contributed by atoms with Gasteiger partial charge >= 0.3 is 6.09 Å². The van der Waals surface area contributed by atoms with Crippen molar-refractivity contribution < 1.29 is 23.5 Å². The Morgan fingerprint density at radius 3 is 2.58 bits per heavy atom. The number of anilines is 1. The lowest BCUT2D eigenvalue weighted by atomic mass is 9.94. The van der Waals surface area contributed by atoms with Crippen LogP contribution in [0.4, 0.5) is 14.9 Å². The maximum absolute atomic E-state index is 14.4. The molecule has 2 aromatic carbocycles. The fraction of sp³-hybridized carbons (Fsp3) is 0.440. The monoisotopic (exact) mass is 474 g/mol. The molecular formula is C25H28ClFN2O4. The van der Waals surface area contributed by atoms with Crippen LogP contribution in [0.25, 0.3) is 0 Å². The van der Waals surface area contributed by atoms with E-state index in [9.17, 15) is 14.0 Å². The number of benzene rings is 2. The molecule has 2 aliphatic rings. The zero-order valence-electron chi connectivity index (χ0n) is 19.3. The summed E-state index contributed by atoms with van der Waals surface area (Å²) in [5.41, 5.74) is 3.09. The Bertz CT molecular complexity index is 1110. The molecule has 33 heavy (non-hydrogen) atoms. The number of carbonyl (C=O) groups excluding carboxylic acids is 2. The van der Waals surface area contributed by atoms with Gasteiger partial charge in [0.25, 0.3) is 5.91 Å². The number of fused-ring (bicyclic) bond motifs is 2. The third-order valence-electron chi connectivity index (χ3n) is 5.92. The van der Waals surface area contributed by atoms with Crippen molar-refractivity contribution in [3.63, 3.8) is 0 Å². The second-order valence-corrected chi connectivity index (χ2v) is 9.82. The zero-order valence-corrected chi connectivity index (χ0v) is 20.1. The standard InChI is InChI=1S/C25H28ClFN2O4/c1-15-18-8-10-28(24(31)33-25(2,3)4)9-7-16(18)13-21-22(15)29(11-12-32-21)23(30)19-14-17(26)5-6-20(19)27/h5-6,13-14H,7-12H2,1-4H3. The van der Waals surface area contributed by atoms with Crippen molar-refractivity contribution in [2.45, 2.75) is 46.1 Å². The molecule has 0 aromatic heterocycles. The van der Waals surface area contributed by atoms with E-state index < -0.39 is 17.3 Å². The lowest BCUT2D eigenvalue weighted by molar-refractivity contribution is 0.0258. The SMILES string of the molecule is Cc1c2c(cc3c1N(C(=O)c1cc(Cl)ccc1F)CCO3)CCN(C(=O)OC(C)(C)C)CC2. The van der Waals surface area contributed by atoms with Gasteiger partial charge in [0.1, 0.15) is 23.8 Å². The van der Waals surface area contributed by atoms with Gasteiger partial charge in [0, 0.05) is 18.1 Å². The van der Waals surface area contributed by atoms with Gasteiger partial charge in [0.15, 0.2) is 0 Å². The Labute approximate surface area is 198 Å². The average molecular weight is 475 g/mol. The van der Waals surface area contributed by atoms with Crippen LogP contribution in [0, 0.1) is 12.7 Å². The number of hydrogen-bond donors (Lipinski definition) is 0. The van der Waals surface area contributed by atoms with E-state index in [-0.39, 0.29) is 11.7 Å². The first-order valence-corrected chi connectivity index (χ1v) is 11.5. The summed E-state index contributed by atoms with van der Waals surface area (Å²) >= 11 is 6.02. The summed E-state index contributed by atoms with van der Waals surface area (Å²) in [6.45, 7) is 9.16. The van der Waals surface area contributed by atoms with E-state index in [1.165, 1.54) is 18.2 Å². The second kappa shape index (κ2) is 8.86. The highest BCUT2D eigenvalue weighted by Gasteiger charge is 2.32. The summed E-state index contributed by atoms with van der Waals surface area (Å²) in [4.78, 5) is 29.2. The summed E-state index contributed by atoms with van der Waals surface area (Å²) in [7, 11) is 0. The summed E-state index contributed by atoms with van der Waals surface area (Å²) in [5.74, 6) is -0.469. The average Bonchev–Trinajstić information content (AvgIpc) is 2.96. The van der Waals surface area contributed by atoms with Crippen LogP contribution in [-0.2, 0) is 17.6 Å². The number of amides is 2. The fourth-order valence-corrected chi connectivity index (χ4v) is 4.56. The molecule has 2 heterocycles. The smallest absolute Gasteiger partial charge is 0.410 e. The molecule has 8 heteroatoms. The Morgan fingerprint density at radius 2 is 1.85 bits per heavy atom. The van der Waals surface area contributed by atoms with Gasteiger partial charge in [0.05, 0.1) is 17.8 Å².